The Hall–Kier alpha value is -0.950. The molecule has 0 aliphatic rings. The molecule has 0 spiro atoms. The third kappa shape index (κ3) is 3.03. The molecule has 0 unspecified atom stereocenters. The Kier molecular flexibility index (Phi) is 4.80. The van der Waals surface area contributed by atoms with Gasteiger partial charge in [0.05, 0.1) is 14.3 Å². The number of benzene rings is 1. The van der Waals surface area contributed by atoms with E-state index >= 15 is 0 Å². The van der Waals surface area contributed by atoms with Crippen LogP contribution in [-0.2, 0) is 0 Å². The van der Waals surface area contributed by atoms with Gasteiger partial charge in [0, 0.05) is 12.6 Å². The Morgan fingerprint density at radius 1 is 1.30 bits per heavy atom. The lowest BCUT2D eigenvalue weighted by Gasteiger charge is -2.14. The molecule has 0 radical (unpaired) electrons. The van der Waals surface area contributed by atoms with Crippen molar-refractivity contribution in [2.45, 2.75) is 19.8 Å². The summed E-state index contributed by atoms with van der Waals surface area (Å²) in [6, 6.07) is 4.23. The van der Waals surface area contributed by atoms with Gasteiger partial charge in [-0.05, 0) is 46.7 Å². The number of aromatic nitrogens is 2. The molecule has 0 saturated carbocycles. The second-order valence-electron chi connectivity index (χ2n) is 4.62. The Bertz CT molecular complexity index is 647. The third-order valence-corrected chi connectivity index (χ3v) is 4.21. The van der Waals surface area contributed by atoms with Gasteiger partial charge in [-0.3, -0.25) is 0 Å². The van der Waals surface area contributed by atoms with Crippen molar-refractivity contribution < 1.29 is 4.39 Å². The average molecular weight is 406 g/mol. The molecule has 0 fully saturated rings. The minimum absolute atomic E-state index is 0.259. The molecule has 20 heavy (non-hydrogen) atoms. The quantitative estimate of drug-likeness (QED) is 0.752. The largest absolute Gasteiger partial charge is 0.372 e. The standard InChI is InChI=1S/C14H14ClFIN3/c1-7(2)12-11(17)14(18-3)20-13(19-12)9-5-4-8(16)6-10(9)15/h4-7H,1-3H3,(H,18,19,20). The van der Waals surface area contributed by atoms with E-state index in [1.165, 1.54) is 12.1 Å². The van der Waals surface area contributed by atoms with Crippen LogP contribution in [0.1, 0.15) is 25.5 Å². The summed E-state index contributed by atoms with van der Waals surface area (Å²) in [7, 11) is 1.81. The first-order valence-electron chi connectivity index (χ1n) is 6.14. The molecule has 106 valence electrons. The van der Waals surface area contributed by atoms with E-state index in [0.29, 0.717) is 16.4 Å². The van der Waals surface area contributed by atoms with Crippen LogP contribution in [0.5, 0.6) is 0 Å². The molecule has 3 nitrogen and oxygen atoms in total. The van der Waals surface area contributed by atoms with Crippen LogP contribution in [0.15, 0.2) is 18.2 Å². The van der Waals surface area contributed by atoms with E-state index in [4.69, 9.17) is 11.6 Å². The van der Waals surface area contributed by atoms with E-state index in [1.807, 2.05) is 7.05 Å². The van der Waals surface area contributed by atoms with Crippen LogP contribution < -0.4 is 5.32 Å². The molecule has 6 heteroatoms. The fourth-order valence-corrected chi connectivity index (χ4v) is 3.19. The molecule has 1 aromatic heterocycles. The van der Waals surface area contributed by atoms with Crippen molar-refractivity contribution in [3.8, 4) is 11.4 Å². The summed E-state index contributed by atoms with van der Waals surface area (Å²) in [6.07, 6.45) is 0. The van der Waals surface area contributed by atoms with E-state index in [-0.39, 0.29) is 11.7 Å². The van der Waals surface area contributed by atoms with Gasteiger partial charge in [0.1, 0.15) is 11.6 Å². The lowest BCUT2D eigenvalue weighted by Crippen LogP contribution is -2.06. The minimum atomic E-state index is -0.373. The Labute approximate surface area is 136 Å². The van der Waals surface area contributed by atoms with Gasteiger partial charge in [-0.2, -0.15) is 0 Å². The summed E-state index contributed by atoms with van der Waals surface area (Å²) in [5.41, 5.74) is 1.57. The van der Waals surface area contributed by atoms with E-state index in [0.717, 1.165) is 15.1 Å². The van der Waals surface area contributed by atoms with Crippen molar-refractivity contribution in [3.05, 3.63) is 38.3 Å². The van der Waals surface area contributed by atoms with E-state index in [1.54, 1.807) is 6.07 Å². The fourth-order valence-electron chi connectivity index (χ4n) is 1.80. The van der Waals surface area contributed by atoms with Gasteiger partial charge in [0.25, 0.3) is 0 Å². The van der Waals surface area contributed by atoms with Gasteiger partial charge in [0.15, 0.2) is 5.82 Å². The summed E-state index contributed by atoms with van der Waals surface area (Å²) in [4.78, 5) is 9.03. The molecular weight excluding hydrogens is 392 g/mol. The van der Waals surface area contributed by atoms with Gasteiger partial charge < -0.3 is 5.32 Å². The number of halogens is 3. The monoisotopic (exact) mass is 405 g/mol. The van der Waals surface area contributed by atoms with Crippen LogP contribution in [0, 0.1) is 9.39 Å². The summed E-state index contributed by atoms with van der Waals surface area (Å²) in [5.74, 6) is 1.14. The van der Waals surface area contributed by atoms with Crippen LogP contribution in [0.2, 0.25) is 5.02 Å². The first kappa shape index (κ1) is 15.4. The molecule has 1 aromatic carbocycles. The Balaban J connectivity index is 2.65. The third-order valence-electron chi connectivity index (χ3n) is 2.83. The van der Waals surface area contributed by atoms with Crippen LogP contribution in [0.4, 0.5) is 10.2 Å². The lowest BCUT2D eigenvalue weighted by molar-refractivity contribution is 0.628. The van der Waals surface area contributed by atoms with Crippen LogP contribution in [0.25, 0.3) is 11.4 Å². The second kappa shape index (κ2) is 6.22. The van der Waals surface area contributed by atoms with Crippen molar-refractivity contribution in [1.82, 2.24) is 9.97 Å². The highest BCUT2D eigenvalue weighted by Crippen LogP contribution is 2.31. The van der Waals surface area contributed by atoms with E-state index < -0.39 is 0 Å². The zero-order chi connectivity index (χ0) is 14.9. The molecule has 0 saturated heterocycles. The average Bonchev–Trinajstić information content (AvgIpc) is 2.39. The predicted octanol–water partition coefficient (Wildman–Crippen LogP) is 4.71. The zero-order valence-electron chi connectivity index (χ0n) is 11.3. The number of anilines is 1. The van der Waals surface area contributed by atoms with Crippen molar-refractivity contribution in [1.29, 1.82) is 0 Å². The molecule has 0 atom stereocenters. The maximum atomic E-state index is 13.1. The molecule has 2 aromatic rings. The number of nitrogens with one attached hydrogen (secondary N) is 1. The molecule has 2 rings (SSSR count). The minimum Gasteiger partial charge on any atom is -0.372 e. The van der Waals surface area contributed by atoms with Gasteiger partial charge in [-0.25, -0.2) is 14.4 Å². The van der Waals surface area contributed by atoms with Gasteiger partial charge in [-0.1, -0.05) is 25.4 Å². The number of nitrogens with zero attached hydrogens (tertiary/aromatic N) is 2. The lowest BCUT2D eigenvalue weighted by atomic mass is 10.1. The highest BCUT2D eigenvalue weighted by molar-refractivity contribution is 14.1. The number of hydrogen-bond donors (Lipinski definition) is 1. The molecule has 0 bridgehead atoms. The molecule has 0 amide bonds. The SMILES string of the molecule is CNc1nc(-c2ccc(F)cc2Cl)nc(C(C)C)c1I. The Morgan fingerprint density at radius 2 is 2.00 bits per heavy atom. The zero-order valence-corrected chi connectivity index (χ0v) is 14.3. The van der Waals surface area contributed by atoms with Gasteiger partial charge in [-0.15, -0.1) is 0 Å². The molecule has 1 N–H and O–H groups in total. The summed E-state index contributed by atoms with van der Waals surface area (Å²) in [6.45, 7) is 4.14. The van der Waals surface area contributed by atoms with Gasteiger partial charge in [0.2, 0.25) is 0 Å². The molecular formula is C14H14ClFIN3. The maximum Gasteiger partial charge on any atom is 0.163 e. The highest BCUT2D eigenvalue weighted by Gasteiger charge is 2.16. The first-order chi connectivity index (χ1) is 9.43. The summed E-state index contributed by atoms with van der Waals surface area (Å²) < 4.78 is 14.1. The van der Waals surface area contributed by atoms with Crippen LogP contribution in [0.3, 0.4) is 0 Å². The van der Waals surface area contributed by atoms with Crippen LogP contribution >= 0.6 is 34.2 Å². The summed E-state index contributed by atoms with van der Waals surface area (Å²) in [5, 5.41) is 3.36. The number of rotatable bonds is 3. The fraction of sp³-hybridized carbons (Fsp3) is 0.286. The van der Waals surface area contributed by atoms with Crippen molar-refractivity contribution in [2.24, 2.45) is 0 Å². The second-order valence-corrected chi connectivity index (χ2v) is 6.11. The van der Waals surface area contributed by atoms with Crippen molar-refractivity contribution in [2.75, 3.05) is 12.4 Å². The van der Waals surface area contributed by atoms with E-state index in [2.05, 4.69) is 51.7 Å². The maximum absolute atomic E-state index is 13.1. The topological polar surface area (TPSA) is 37.8 Å². The van der Waals surface area contributed by atoms with E-state index in [9.17, 15) is 4.39 Å². The Morgan fingerprint density at radius 3 is 2.55 bits per heavy atom. The molecule has 0 aliphatic heterocycles. The van der Waals surface area contributed by atoms with Gasteiger partial charge >= 0.3 is 0 Å². The predicted molar refractivity (Wildman–Crippen MR) is 88.8 cm³/mol. The summed E-state index contributed by atoms with van der Waals surface area (Å²) >= 11 is 8.31. The van der Waals surface area contributed by atoms with Crippen LogP contribution in [-0.4, -0.2) is 17.0 Å². The highest BCUT2D eigenvalue weighted by atomic mass is 127. The molecule has 1 heterocycles. The van der Waals surface area contributed by atoms with Crippen molar-refractivity contribution >= 4 is 40.0 Å². The smallest absolute Gasteiger partial charge is 0.163 e. The van der Waals surface area contributed by atoms with Crippen molar-refractivity contribution in [3.63, 3.8) is 0 Å². The first-order valence-corrected chi connectivity index (χ1v) is 7.60. The normalized spacial score (nSPS) is 10.9. The molecule has 0 aliphatic carbocycles. The number of hydrogen-bond acceptors (Lipinski definition) is 3.